The van der Waals surface area contributed by atoms with Crippen LogP contribution in [0.4, 0.5) is 8.78 Å². The first kappa shape index (κ1) is 14.9. The molecule has 1 saturated carbocycles. The fourth-order valence-corrected chi connectivity index (χ4v) is 2.57. The van der Waals surface area contributed by atoms with Gasteiger partial charge in [0.2, 0.25) is 0 Å². The Kier molecular flexibility index (Phi) is 3.82. The van der Waals surface area contributed by atoms with Gasteiger partial charge in [-0.2, -0.15) is 19.0 Å². The molecule has 1 fully saturated rings. The smallest absolute Gasteiger partial charge is 0.235 e. The van der Waals surface area contributed by atoms with E-state index in [4.69, 9.17) is 11.6 Å². The Morgan fingerprint density at radius 1 is 1.50 bits per heavy atom. The van der Waals surface area contributed by atoms with E-state index in [-0.39, 0.29) is 11.8 Å². The van der Waals surface area contributed by atoms with Crippen molar-refractivity contribution in [3.05, 3.63) is 42.8 Å². The van der Waals surface area contributed by atoms with Crippen molar-refractivity contribution in [1.29, 1.82) is 0 Å². The number of alkyl halides is 2. The summed E-state index contributed by atoms with van der Waals surface area (Å²) in [7, 11) is 0. The zero-order chi connectivity index (χ0) is 15.9. The molecule has 1 aliphatic carbocycles. The van der Waals surface area contributed by atoms with Crippen molar-refractivity contribution >= 4 is 22.3 Å². The van der Waals surface area contributed by atoms with E-state index in [1.807, 2.05) is 0 Å². The molecule has 0 aliphatic heterocycles. The first-order valence-electron chi connectivity index (χ1n) is 6.74. The Bertz CT molecular complexity index is 729. The average molecular weight is 326 g/mol. The number of allylic oxidation sites excluding steroid dienone is 1. The fraction of sp³-hybridized carbons (Fsp3) is 0.357. The second-order valence-electron chi connectivity index (χ2n) is 5.16. The van der Waals surface area contributed by atoms with Gasteiger partial charge in [0.25, 0.3) is 0 Å². The molecule has 0 bridgehead atoms. The molecule has 0 unspecified atom stereocenters. The van der Waals surface area contributed by atoms with Gasteiger partial charge in [-0.15, -0.1) is 0 Å². The summed E-state index contributed by atoms with van der Waals surface area (Å²) in [5.41, 5.74) is 1.46. The van der Waals surface area contributed by atoms with Gasteiger partial charge < -0.3 is 0 Å². The highest BCUT2D eigenvalue weighted by Crippen LogP contribution is 2.53. The number of imidazole rings is 1. The van der Waals surface area contributed by atoms with Gasteiger partial charge in [-0.05, 0) is 30.9 Å². The molecule has 8 heteroatoms. The molecule has 2 aromatic heterocycles. The summed E-state index contributed by atoms with van der Waals surface area (Å²) >= 11 is 5.79. The van der Waals surface area contributed by atoms with Crippen molar-refractivity contribution in [3.63, 3.8) is 0 Å². The number of nitrogens with zero attached hydrogens (tertiary/aromatic N) is 5. The van der Waals surface area contributed by atoms with Gasteiger partial charge >= 0.3 is 6.55 Å². The Labute approximate surface area is 130 Å². The van der Waals surface area contributed by atoms with E-state index in [0.29, 0.717) is 21.4 Å². The molecule has 2 aromatic rings. The van der Waals surface area contributed by atoms with E-state index in [2.05, 4.69) is 21.8 Å². The number of rotatable bonds is 5. The van der Waals surface area contributed by atoms with Gasteiger partial charge in [0.05, 0.1) is 5.69 Å². The highest BCUT2D eigenvalue weighted by Gasteiger charge is 2.43. The molecular weight excluding hydrogens is 312 g/mol. The van der Waals surface area contributed by atoms with Crippen molar-refractivity contribution in [2.24, 2.45) is 11.0 Å². The second-order valence-corrected chi connectivity index (χ2v) is 5.71. The Hall–Kier alpha value is -2.02. The van der Waals surface area contributed by atoms with Crippen LogP contribution in [0.2, 0.25) is 0 Å². The molecule has 0 amide bonds. The van der Waals surface area contributed by atoms with E-state index in [9.17, 15) is 8.78 Å². The van der Waals surface area contributed by atoms with E-state index >= 15 is 0 Å². The monoisotopic (exact) mass is 325 g/mol. The van der Waals surface area contributed by atoms with Crippen molar-refractivity contribution < 1.29 is 8.78 Å². The molecule has 0 N–H and O–H groups in total. The van der Waals surface area contributed by atoms with Crippen LogP contribution in [0.3, 0.4) is 0 Å². The van der Waals surface area contributed by atoms with Gasteiger partial charge in [0, 0.05) is 24.5 Å². The molecule has 1 aliphatic rings. The lowest BCUT2D eigenvalue weighted by Crippen LogP contribution is -2.01. The van der Waals surface area contributed by atoms with E-state index in [0.717, 1.165) is 12.0 Å². The van der Waals surface area contributed by atoms with E-state index < -0.39 is 6.55 Å². The zero-order valence-electron chi connectivity index (χ0n) is 11.8. The summed E-state index contributed by atoms with van der Waals surface area (Å²) in [6.07, 6.45) is 5.41. The SMILES string of the molecule is C=C(c1nccn1/N=C(\C)Cl)[C@H]1C[C@@H]1c1ccn(C(F)F)n1. The van der Waals surface area contributed by atoms with Crippen LogP contribution in [0, 0.1) is 5.92 Å². The third kappa shape index (κ3) is 2.81. The summed E-state index contributed by atoms with van der Waals surface area (Å²) in [5, 5.41) is 8.42. The highest BCUT2D eigenvalue weighted by atomic mass is 35.5. The van der Waals surface area contributed by atoms with Crippen molar-refractivity contribution in [2.45, 2.75) is 25.8 Å². The predicted molar refractivity (Wildman–Crippen MR) is 79.9 cm³/mol. The summed E-state index contributed by atoms with van der Waals surface area (Å²) in [6, 6.07) is 1.62. The Morgan fingerprint density at radius 3 is 2.91 bits per heavy atom. The Balaban J connectivity index is 1.75. The zero-order valence-corrected chi connectivity index (χ0v) is 12.6. The maximum absolute atomic E-state index is 12.6. The molecule has 0 saturated heterocycles. The highest BCUT2D eigenvalue weighted by molar-refractivity contribution is 6.64. The first-order chi connectivity index (χ1) is 10.5. The maximum atomic E-state index is 12.6. The minimum Gasteiger partial charge on any atom is -0.235 e. The molecule has 0 radical (unpaired) electrons. The summed E-state index contributed by atoms with van der Waals surface area (Å²) in [4.78, 5) is 4.24. The standard InChI is InChI=1S/C14H14ClF2N5/c1-8(13-18-4-6-21(13)19-9(2)15)10-7-11(10)12-3-5-22(20-12)14(16)17/h3-6,10-11,14H,1,7H2,2H3/b19-9+/t10-,11+/m1/s1. The third-order valence-electron chi connectivity index (χ3n) is 3.60. The van der Waals surface area contributed by atoms with Crippen molar-refractivity contribution in [2.75, 3.05) is 0 Å². The van der Waals surface area contributed by atoms with Crippen LogP contribution in [0.15, 0.2) is 36.3 Å². The average Bonchev–Trinajstić information content (AvgIpc) is 2.88. The summed E-state index contributed by atoms with van der Waals surface area (Å²) in [6.45, 7) is 3.12. The first-order valence-corrected chi connectivity index (χ1v) is 7.12. The molecule has 116 valence electrons. The number of hydrogen-bond acceptors (Lipinski definition) is 3. The predicted octanol–water partition coefficient (Wildman–Crippen LogP) is 3.71. The maximum Gasteiger partial charge on any atom is 0.333 e. The lowest BCUT2D eigenvalue weighted by Gasteiger charge is -2.05. The van der Waals surface area contributed by atoms with Crippen LogP contribution < -0.4 is 0 Å². The second kappa shape index (κ2) is 5.64. The van der Waals surface area contributed by atoms with Gasteiger partial charge in [0.15, 0.2) is 5.82 Å². The van der Waals surface area contributed by atoms with E-state index in [1.54, 1.807) is 30.1 Å². The quantitative estimate of drug-likeness (QED) is 0.787. The van der Waals surface area contributed by atoms with Crippen LogP contribution >= 0.6 is 11.6 Å². The van der Waals surface area contributed by atoms with Gasteiger partial charge in [-0.3, -0.25) is 0 Å². The Morgan fingerprint density at radius 2 is 2.27 bits per heavy atom. The van der Waals surface area contributed by atoms with Gasteiger partial charge in [-0.1, -0.05) is 18.2 Å². The lowest BCUT2D eigenvalue weighted by molar-refractivity contribution is 0.0562. The molecular formula is C14H14ClF2N5. The van der Waals surface area contributed by atoms with Crippen LogP contribution in [0.5, 0.6) is 0 Å². The number of aromatic nitrogens is 4. The normalized spacial score (nSPS) is 21.4. The molecule has 0 aromatic carbocycles. The topological polar surface area (TPSA) is 48.0 Å². The van der Waals surface area contributed by atoms with Crippen molar-refractivity contribution in [3.8, 4) is 0 Å². The van der Waals surface area contributed by atoms with Crippen molar-refractivity contribution in [1.82, 2.24) is 19.4 Å². The molecule has 5 nitrogen and oxygen atoms in total. The van der Waals surface area contributed by atoms with Crippen LogP contribution in [-0.4, -0.2) is 24.6 Å². The van der Waals surface area contributed by atoms with Crippen LogP contribution in [-0.2, 0) is 0 Å². The molecule has 0 spiro atoms. The molecule has 22 heavy (non-hydrogen) atoms. The largest absolute Gasteiger partial charge is 0.333 e. The van der Waals surface area contributed by atoms with Crippen LogP contribution in [0.1, 0.15) is 37.3 Å². The molecule has 2 heterocycles. The molecule has 3 rings (SSSR count). The number of hydrogen-bond donors (Lipinski definition) is 0. The minimum absolute atomic E-state index is 0.0960. The molecule has 2 atom stereocenters. The van der Waals surface area contributed by atoms with Crippen LogP contribution in [0.25, 0.3) is 5.57 Å². The summed E-state index contributed by atoms with van der Waals surface area (Å²) in [5.74, 6) is 0.854. The van der Waals surface area contributed by atoms with Gasteiger partial charge in [0.1, 0.15) is 5.17 Å². The third-order valence-corrected chi connectivity index (χ3v) is 3.68. The fourth-order valence-electron chi connectivity index (χ4n) is 2.49. The summed E-state index contributed by atoms with van der Waals surface area (Å²) < 4.78 is 27.3. The van der Waals surface area contributed by atoms with Gasteiger partial charge in [-0.25, -0.2) is 14.3 Å². The number of halogens is 3. The van der Waals surface area contributed by atoms with E-state index in [1.165, 1.54) is 6.20 Å². The minimum atomic E-state index is -2.62. The lowest BCUT2D eigenvalue weighted by atomic mass is 10.1.